The van der Waals surface area contributed by atoms with Crippen molar-refractivity contribution in [3.05, 3.63) is 77.9 Å². The van der Waals surface area contributed by atoms with Gasteiger partial charge in [-0.25, -0.2) is 5.48 Å². The van der Waals surface area contributed by atoms with E-state index in [9.17, 15) is 19.5 Å². The molecule has 0 saturated heterocycles. The van der Waals surface area contributed by atoms with Crippen molar-refractivity contribution in [2.45, 2.75) is 45.9 Å². The number of amides is 3. The van der Waals surface area contributed by atoms with Crippen molar-refractivity contribution in [3.8, 4) is 5.75 Å². The average molecular weight is 508 g/mol. The third kappa shape index (κ3) is 7.28. The maximum absolute atomic E-state index is 13.1. The lowest BCUT2D eigenvalue weighted by molar-refractivity contribution is -0.146. The molecule has 0 spiro atoms. The van der Waals surface area contributed by atoms with Crippen LogP contribution in [0, 0.1) is 11.3 Å². The smallest absolute Gasteiger partial charge is 0.272 e. The van der Waals surface area contributed by atoms with Crippen LogP contribution < -0.4 is 21.3 Å². The molecule has 0 aliphatic carbocycles. The third-order valence-corrected chi connectivity index (χ3v) is 6.11. The minimum absolute atomic E-state index is 0.0406. The highest BCUT2D eigenvalue weighted by molar-refractivity contribution is 5.92. The molecule has 3 atom stereocenters. The van der Waals surface area contributed by atoms with Gasteiger partial charge in [-0.1, -0.05) is 75.4 Å². The molecule has 196 valence electrons. The second kappa shape index (κ2) is 11.9. The number of aliphatic hydroxyl groups excluding tert-OH is 1. The predicted octanol–water partition coefficient (Wildman–Crippen LogP) is 2.46. The minimum Gasteiger partial charge on any atom is -0.489 e. The number of rotatable bonds is 10. The molecule has 0 radical (unpaired) electrons. The highest BCUT2D eigenvalue weighted by Crippen LogP contribution is 2.25. The maximum Gasteiger partial charge on any atom is 0.272 e. The lowest BCUT2D eigenvalue weighted by Gasteiger charge is -2.31. The first-order valence-electron chi connectivity index (χ1n) is 11.9. The summed E-state index contributed by atoms with van der Waals surface area (Å²) in [7, 11) is 0. The van der Waals surface area contributed by atoms with Crippen LogP contribution in [0.2, 0.25) is 0 Å². The molecule has 0 aromatic heterocycles. The van der Waals surface area contributed by atoms with Crippen LogP contribution in [0.25, 0.3) is 10.8 Å². The summed E-state index contributed by atoms with van der Waals surface area (Å²) < 4.78 is 5.91. The van der Waals surface area contributed by atoms with Crippen LogP contribution in [-0.2, 0) is 27.4 Å². The summed E-state index contributed by atoms with van der Waals surface area (Å²) in [6.45, 7) is 5.60. The molecule has 0 unspecified atom stereocenters. The Morgan fingerprint density at radius 1 is 0.919 bits per heavy atom. The van der Waals surface area contributed by atoms with E-state index in [0.717, 1.165) is 16.3 Å². The van der Waals surface area contributed by atoms with Gasteiger partial charge in [-0.05, 0) is 45.9 Å². The van der Waals surface area contributed by atoms with Gasteiger partial charge in [0.2, 0.25) is 11.8 Å². The Morgan fingerprint density at radius 3 is 2.22 bits per heavy atom. The van der Waals surface area contributed by atoms with Crippen molar-refractivity contribution in [2.75, 3.05) is 0 Å². The number of ether oxygens (including phenoxy) is 1. The molecule has 9 heteroatoms. The molecule has 9 nitrogen and oxygen atoms in total. The molecular formula is C28H33N3O6. The highest BCUT2D eigenvalue weighted by atomic mass is 16.5. The number of carbonyl (C=O) groups excluding carboxylic acids is 3. The molecule has 3 rings (SSSR count). The van der Waals surface area contributed by atoms with Crippen LogP contribution in [-0.4, -0.2) is 40.2 Å². The number of nitrogens with two attached hydrogens (primary N) is 1. The van der Waals surface area contributed by atoms with E-state index in [4.69, 9.17) is 15.7 Å². The van der Waals surface area contributed by atoms with E-state index in [0.29, 0.717) is 17.9 Å². The fourth-order valence-corrected chi connectivity index (χ4v) is 4.05. The van der Waals surface area contributed by atoms with Crippen molar-refractivity contribution < 1.29 is 29.4 Å². The number of carbonyl (C=O) groups is 3. The van der Waals surface area contributed by atoms with Crippen LogP contribution in [0.4, 0.5) is 0 Å². The number of primary amides is 1. The maximum atomic E-state index is 13.1. The van der Waals surface area contributed by atoms with Crippen LogP contribution in [0.15, 0.2) is 66.7 Å². The van der Waals surface area contributed by atoms with Crippen LogP contribution in [0.1, 0.15) is 31.9 Å². The molecule has 0 fully saturated rings. The van der Waals surface area contributed by atoms with Gasteiger partial charge in [0.1, 0.15) is 24.5 Å². The zero-order valence-electron chi connectivity index (χ0n) is 21.1. The van der Waals surface area contributed by atoms with E-state index in [1.54, 1.807) is 26.8 Å². The largest absolute Gasteiger partial charge is 0.489 e. The Kier molecular flexibility index (Phi) is 8.86. The van der Waals surface area contributed by atoms with Gasteiger partial charge in [-0.15, -0.1) is 0 Å². The molecule has 37 heavy (non-hydrogen) atoms. The molecule has 0 bridgehead atoms. The van der Waals surface area contributed by atoms with Crippen molar-refractivity contribution in [3.63, 3.8) is 0 Å². The summed E-state index contributed by atoms with van der Waals surface area (Å²) >= 11 is 0. The first-order valence-corrected chi connectivity index (χ1v) is 11.9. The summed E-state index contributed by atoms with van der Waals surface area (Å²) in [5.41, 5.74) is 7.85. The summed E-state index contributed by atoms with van der Waals surface area (Å²) in [5, 5.41) is 23.9. The molecule has 0 saturated carbocycles. The monoisotopic (exact) mass is 507 g/mol. The molecule has 6 N–H and O–H groups in total. The quantitative estimate of drug-likeness (QED) is 0.210. The van der Waals surface area contributed by atoms with E-state index in [-0.39, 0.29) is 6.42 Å². The Bertz CT molecular complexity index is 1260. The van der Waals surface area contributed by atoms with Gasteiger partial charge >= 0.3 is 0 Å². The highest BCUT2D eigenvalue weighted by Gasteiger charge is 2.37. The van der Waals surface area contributed by atoms with E-state index >= 15 is 0 Å². The van der Waals surface area contributed by atoms with Gasteiger partial charge in [0.25, 0.3) is 5.91 Å². The number of benzene rings is 3. The molecule has 3 amide bonds. The summed E-state index contributed by atoms with van der Waals surface area (Å²) in [6.07, 6.45) is -1.91. The zero-order valence-corrected chi connectivity index (χ0v) is 21.1. The van der Waals surface area contributed by atoms with E-state index in [2.05, 4.69) is 5.32 Å². The van der Waals surface area contributed by atoms with Crippen molar-refractivity contribution in [2.24, 2.45) is 17.1 Å². The Labute approximate surface area is 215 Å². The van der Waals surface area contributed by atoms with E-state index < -0.39 is 41.2 Å². The SMILES string of the molecule is CC(C)(C)[C@H](NC(=O)[C@H](Cc1ccc2ccc(OCc3ccccc3)cc2c1)[C@H](O)C(=O)NO)C(N)=O. The Morgan fingerprint density at radius 2 is 1.59 bits per heavy atom. The first-order chi connectivity index (χ1) is 17.5. The molecule has 0 aliphatic rings. The topological polar surface area (TPSA) is 151 Å². The molecule has 3 aromatic rings. The van der Waals surface area contributed by atoms with Crippen LogP contribution in [0.3, 0.4) is 0 Å². The van der Waals surface area contributed by atoms with Crippen molar-refractivity contribution in [1.82, 2.24) is 10.8 Å². The second-order valence-electron chi connectivity index (χ2n) is 10.1. The molecular weight excluding hydrogens is 474 g/mol. The van der Waals surface area contributed by atoms with Gasteiger partial charge in [-0.2, -0.15) is 0 Å². The number of nitrogens with one attached hydrogen (secondary N) is 2. The van der Waals surface area contributed by atoms with Gasteiger partial charge < -0.3 is 20.9 Å². The summed E-state index contributed by atoms with van der Waals surface area (Å²) in [4.78, 5) is 37.1. The molecule has 3 aromatic carbocycles. The summed E-state index contributed by atoms with van der Waals surface area (Å²) in [5.74, 6) is -3.25. The van der Waals surface area contributed by atoms with Gasteiger partial charge in [-0.3, -0.25) is 19.6 Å². The first kappa shape index (κ1) is 27.6. The van der Waals surface area contributed by atoms with Gasteiger partial charge in [0, 0.05) is 0 Å². The predicted molar refractivity (Wildman–Crippen MR) is 138 cm³/mol. The average Bonchev–Trinajstić information content (AvgIpc) is 2.87. The zero-order chi connectivity index (χ0) is 27.2. The standard InChI is InChI=1S/C28H33N3O6/c1-28(2,3)24(25(29)33)30-26(34)22(23(32)27(35)31-36)14-18-9-10-19-11-12-21(15-20(19)13-18)37-16-17-7-5-4-6-8-17/h4-13,15,22-24,32,36H,14,16H2,1-3H3,(H2,29,33)(H,30,34)(H,31,35)/t22-,23+,24-/m1/s1. The number of fused-ring (bicyclic) bond motifs is 1. The van der Waals surface area contributed by atoms with Crippen LogP contribution >= 0.6 is 0 Å². The normalized spacial score (nSPS) is 13.9. The van der Waals surface area contributed by atoms with Gasteiger partial charge in [0.15, 0.2) is 0 Å². The van der Waals surface area contributed by atoms with E-state index in [1.807, 2.05) is 60.7 Å². The number of hydroxylamine groups is 1. The molecule has 0 aliphatic heterocycles. The number of hydrogen-bond acceptors (Lipinski definition) is 6. The lowest BCUT2D eigenvalue weighted by Crippen LogP contribution is -2.56. The van der Waals surface area contributed by atoms with Crippen molar-refractivity contribution in [1.29, 1.82) is 0 Å². The lowest BCUT2D eigenvalue weighted by atomic mass is 9.85. The number of aliphatic hydroxyl groups is 1. The Hall–Kier alpha value is -3.95. The fraction of sp³-hybridized carbons (Fsp3) is 0.321. The summed E-state index contributed by atoms with van der Waals surface area (Å²) in [6, 6.07) is 19.9. The third-order valence-electron chi connectivity index (χ3n) is 6.11. The minimum atomic E-state index is -1.87. The van der Waals surface area contributed by atoms with E-state index in [1.165, 1.54) is 5.48 Å². The number of hydrogen-bond donors (Lipinski definition) is 5. The van der Waals surface area contributed by atoms with Gasteiger partial charge in [0.05, 0.1) is 5.92 Å². The Balaban J connectivity index is 1.85. The molecule has 0 heterocycles. The van der Waals surface area contributed by atoms with Crippen LogP contribution in [0.5, 0.6) is 5.75 Å². The fourth-order valence-electron chi connectivity index (χ4n) is 4.05. The second-order valence-corrected chi connectivity index (χ2v) is 10.1. The van der Waals surface area contributed by atoms with Crippen molar-refractivity contribution >= 4 is 28.5 Å².